The van der Waals surface area contributed by atoms with Crippen LogP contribution >= 0.6 is 0 Å². The lowest BCUT2D eigenvalue weighted by Crippen LogP contribution is -2.36. The predicted octanol–water partition coefficient (Wildman–Crippen LogP) is 2.14. The van der Waals surface area contributed by atoms with Gasteiger partial charge in [0.05, 0.1) is 5.69 Å². The van der Waals surface area contributed by atoms with Gasteiger partial charge < -0.3 is 10.2 Å². The largest absolute Gasteiger partial charge is 0.341 e. The van der Waals surface area contributed by atoms with Crippen molar-refractivity contribution in [3.8, 4) is 0 Å². The van der Waals surface area contributed by atoms with Gasteiger partial charge in [-0.2, -0.15) is 5.10 Å². The van der Waals surface area contributed by atoms with Gasteiger partial charge in [-0.25, -0.2) is 0 Å². The van der Waals surface area contributed by atoms with Crippen LogP contribution in [0.3, 0.4) is 0 Å². The summed E-state index contributed by atoms with van der Waals surface area (Å²) < 4.78 is 1.82. The van der Waals surface area contributed by atoms with Gasteiger partial charge in [0.1, 0.15) is 6.54 Å². The van der Waals surface area contributed by atoms with Crippen LogP contribution in [0.25, 0.3) is 0 Å². The lowest BCUT2D eigenvalue weighted by atomic mass is 9.97. The summed E-state index contributed by atoms with van der Waals surface area (Å²) in [4.78, 5) is 14.5. The fourth-order valence-electron chi connectivity index (χ4n) is 3.52. The van der Waals surface area contributed by atoms with Gasteiger partial charge in [-0.15, -0.1) is 0 Å². The van der Waals surface area contributed by atoms with E-state index in [1.54, 1.807) is 0 Å². The maximum absolute atomic E-state index is 12.5. The first-order valence-corrected chi connectivity index (χ1v) is 8.85. The van der Waals surface area contributed by atoms with Crippen LogP contribution in [0.4, 0.5) is 0 Å². The summed E-state index contributed by atoms with van der Waals surface area (Å²) in [6, 6.07) is 2.08. The zero-order valence-electron chi connectivity index (χ0n) is 13.5. The summed E-state index contributed by atoms with van der Waals surface area (Å²) in [7, 11) is 0. The maximum atomic E-state index is 12.5. The number of piperidine rings is 1. The predicted molar refractivity (Wildman–Crippen MR) is 86.7 cm³/mol. The molecule has 2 fully saturated rings. The van der Waals surface area contributed by atoms with Gasteiger partial charge in [0.15, 0.2) is 0 Å². The standard InChI is InChI=1S/C17H28N4O/c22-17(20-10-4-2-1-3-5-11-20)14-21-12-8-16(19-21)15-7-6-9-18-13-15/h8,12,15,18H,1-7,9-11,13-14H2/t15-/m1/s1. The summed E-state index contributed by atoms with van der Waals surface area (Å²) in [5.41, 5.74) is 1.13. The van der Waals surface area contributed by atoms with Crippen LogP contribution in [-0.4, -0.2) is 46.8 Å². The molecule has 0 aliphatic carbocycles. The van der Waals surface area contributed by atoms with Crippen LogP contribution in [-0.2, 0) is 11.3 Å². The number of hydrogen-bond donors (Lipinski definition) is 1. The normalized spacial score (nSPS) is 23.8. The van der Waals surface area contributed by atoms with Crippen molar-refractivity contribution in [1.82, 2.24) is 20.0 Å². The van der Waals surface area contributed by atoms with Crippen LogP contribution in [0.15, 0.2) is 12.3 Å². The third kappa shape index (κ3) is 4.09. The molecule has 1 aromatic heterocycles. The average Bonchev–Trinajstić information content (AvgIpc) is 2.96. The van der Waals surface area contributed by atoms with E-state index >= 15 is 0 Å². The first-order chi connectivity index (χ1) is 10.8. The Hall–Kier alpha value is -1.36. The minimum absolute atomic E-state index is 0.221. The molecule has 0 bridgehead atoms. The second-order valence-electron chi connectivity index (χ2n) is 6.63. The fourth-order valence-corrected chi connectivity index (χ4v) is 3.52. The molecule has 1 N–H and O–H groups in total. The van der Waals surface area contributed by atoms with Gasteiger partial charge >= 0.3 is 0 Å². The summed E-state index contributed by atoms with van der Waals surface area (Å²) in [6.45, 7) is 4.35. The van der Waals surface area contributed by atoms with E-state index < -0.39 is 0 Å². The van der Waals surface area contributed by atoms with Crippen LogP contribution in [0.5, 0.6) is 0 Å². The van der Waals surface area contributed by atoms with Crippen molar-refractivity contribution in [1.29, 1.82) is 0 Å². The molecule has 2 aliphatic rings. The first-order valence-electron chi connectivity index (χ1n) is 8.85. The van der Waals surface area contributed by atoms with Gasteiger partial charge in [0.2, 0.25) is 5.91 Å². The van der Waals surface area contributed by atoms with Crippen molar-refractivity contribution >= 4 is 5.91 Å². The Morgan fingerprint density at radius 1 is 1.18 bits per heavy atom. The molecule has 0 radical (unpaired) electrons. The Morgan fingerprint density at radius 2 is 1.95 bits per heavy atom. The number of aromatic nitrogens is 2. The van der Waals surface area contributed by atoms with Crippen molar-refractivity contribution in [2.45, 2.75) is 57.4 Å². The topological polar surface area (TPSA) is 50.2 Å². The molecule has 1 atom stereocenters. The molecule has 0 aromatic carbocycles. The Balaban J connectivity index is 1.55. The molecular weight excluding hydrogens is 276 g/mol. The average molecular weight is 304 g/mol. The zero-order valence-corrected chi connectivity index (χ0v) is 13.5. The van der Waals surface area contributed by atoms with E-state index in [-0.39, 0.29) is 5.91 Å². The van der Waals surface area contributed by atoms with Crippen LogP contribution in [0, 0.1) is 0 Å². The second kappa shape index (κ2) is 7.77. The molecule has 1 amide bonds. The Kier molecular flexibility index (Phi) is 5.48. The molecule has 0 saturated carbocycles. The molecule has 1 aromatic rings. The van der Waals surface area contributed by atoms with Gasteiger partial charge in [-0.1, -0.05) is 19.3 Å². The van der Waals surface area contributed by atoms with E-state index in [1.807, 2.05) is 15.8 Å². The van der Waals surface area contributed by atoms with E-state index in [0.29, 0.717) is 12.5 Å². The lowest BCUT2D eigenvalue weighted by molar-refractivity contribution is -0.132. The number of rotatable bonds is 3. The third-order valence-corrected chi connectivity index (χ3v) is 4.88. The van der Waals surface area contributed by atoms with Crippen molar-refractivity contribution in [2.75, 3.05) is 26.2 Å². The third-order valence-electron chi connectivity index (χ3n) is 4.88. The molecule has 3 rings (SSSR count). The molecule has 2 aliphatic heterocycles. The Labute approximate surface area is 133 Å². The molecule has 3 heterocycles. The van der Waals surface area contributed by atoms with Crippen molar-refractivity contribution < 1.29 is 4.79 Å². The highest BCUT2D eigenvalue weighted by molar-refractivity contribution is 5.75. The molecule has 5 nitrogen and oxygen atoms in total. The molecular formula is C17H28N4O. The maximum Gasteiger partial charge on any atom is 0.244 e. The smallest absolute Gasteiger partial charge is 0.244 e. The highest BCUT2D eigenvalue weighted by Crippen LogP contribution is 2.21. The SMILES string of the molecule is O=C(Cn1ccc([C@@H]2CCCNC2)n1)N1CCCCCCC1. The van der Waals surface area contributed by atoms with E-state index in [0.717, 1.165) is 44.7 Å². The zero-order chi connectivity index (χ0) is 15.2. The van der Waals surface area contributed by atoms with E-state index in [2.05, 4.69) is 16.5 Å². The first kappa shape index (κ1) is 15.5. The number of likely N-dealkylation sites (tertiary alicyclic amines) is 1. The van der Waals surface area contributed by atoms with Crippen LogP contribution < -0.4 is 5.32 Å². The number of nitrogens with one attached hydrogen (secondary N) is 1. The number of hydrogen-bond acceptors (Lipinski definition) is 3. The van der Waals surface area contributed by atoms with Crippen molar-refractivity contribution in [3.63, 3.8) is 0 Å². The van der Waals surface area contributed by atoms with E-state index in [4.69, 9.17) is 0 Å². The molecule has 0 spiro atoms. The van der Waals surface area contributed by atoms with Gasteiger partial charge in [-0.3, -0.25) is 9.48 Å². The monoisotopic (exact) mass is 304 g/mol. The minimum atomic E-state index is 0.221. The fraction of sp³-hybridized carbons (Fsp3) is 0.765. The molecule has 122 valence electrons. The van der Waals surface area contributed by atoms with Crippen molar-refractivity contribution in [3.05, 3.63) is 18.0 Å². The van der Waals surface area contributed by atoms with Crippen LogP contribution in [0.2, 0.25) is 0 Å². The highest BCUT2D eigenvalue weighted by Gasteiger charge is 2.19. The quantitative estimate of drug-likeness (QED) is 0.931. The minimum Gasteiger partial charge on any atom is -0.341 e. The van der Waals surface area contributed by atoms with Gasteiger partial charge in [-0.05, 0) is 38.3 Å². The van der Waals surface area contributed by atoms with E-state index in [1.165, 1.54) is 32.1 Å². The number of nitrogens with zero attached hydrogens (tertiary/aromatic N) is 3. The summed E-state index contributed by atoms with van der Waals surface area (Å²) in [6.07, 6.45) is 10.5. The van der Waals surface area contributed by atoms with Gasteiger partial charge in [0.25, 0.3) is 0 Å². The molecule has 22 heavy (non-hydrogen) atoms. The molecule has 2 saturated heterocycles. The lowest BCUT2D eigenvalue weighted by Gasteiger charge is -2.24. The highest BCUT2D eigenvalue weighted by atomic mass is 16.2. The van der Waals surface area contributed by atoms with E-state index in [9.17, 15) is 4.79 Å². The Morgan fingerprint density at radius 3 is 2.68 bits per heavy atom. The second-order valence-corrected chi connectivity index (χ2v) is 6.63. The number of amides is 1. The number of carbonyl (C=O) groups is 1. The summed E-state index contributed by atoms with van der Waals surface area (Å²) >= 11 is 0. The Bertz CT molecular complexity index is 471. The number of carbonyl (C=O) groups excluding carboxylic acids is 1. The van der Waals surface area contributed by atoms with Crippen molar-refractivity contribution in [2.24, 2.45) is 0 Å². The van der Waals surface area contributed by atoms with Crippen LogP contribution in [0.1, 0.15) is 56.6 Å². The van der Waals surface area contributed by atoms with Gasteiger partial charge in [0, 0.05) is 31.7 Å². The molecule has 0 unspecified atom stereocenters. The molecule has 5 heteroatoms. The summed E-state index contributed by atoms with van der Waals surface area (Å²) in [5, 5.41) is 8.06. The summed E-state index contributed by atoms with van der Waals surface area (Å²) in [5.74, 6) is 0.727.